The van der Waals surface area contributed by atoms with Crippen LogP contribution in [0.2, 0.25) is 0 Å². The molecule has 0 N–H and O–H groups in total. The molecule has 0 unspecified atom stereocenters. The van der Waals surface area contributed by atoms with Crippen molar-refractivity contribution in [2.24, 2.45) is 0 Å². The Balaban J connectivity index is 1.85. The van der Waals surface area contributed by atoms with Crippen molar-refractivity contribution in [2.45, 2.75) is 112 Å². The van der Waals surface area contributed by atoms with Crippen LogP contribution in [-0.4, -0.2) is 5.78 Å². The number of carbonyl (C=O) groups is 1. The maximum Gasteiger partial charge on any atom is 0.159 e. The Labute approximate surface area is 297 Å². The third kappa shape index (κ3) is 10.4. The van der Waals surface area contributed by atoms with Crippen LogP contribution in [0.15, 0.2) is 78.9 Å². The molecule has 250 valence electrons. The van der Waals surface area contributed by atoms with Gasteiger partial charge in [0.1, 0.15) is 0 Å². The highest BCUT2D eigenvalue weighted by atomic mass is 16.1. The number of rotatable bonds is 1. The first-order valence-electron chi connectivity index (χ1n) is 17.2. The van der Waals surface area contributed by atoms with Gasteiger partial charge in [-0.3, -0.25) is 4.79 Å². The first-order valence-corrected chi connectivity index (χ1v) is 17.2. The molecule has 1 nitrogen and oxygen atoms in total. The maximum absolute atomic E-state index is 11.7. The molecule has 4 aromatic carbocycles. The summed E-state index contributed by atoms with van der Waals surface area (Å²) in [6.07, 6.45) is 0. The lowest BCUT2D eigenvalue weighted by atomic mass is 9.79. The van der Waals surface area contributed by atoms with Crippen LogP contribution in [0.25, 0.3) is 0 Å². The summed E-state index contributed by atoms with van der Waals surface area (Å²) < 4.78 is 0. The molecular formula is C48H52O. The summed E-state index contributed by atoms with van der Waals surface area (Å²) in [7, 11) is 0. The summed E-state index contributed by atoms with van der Waals surface area (Å²) in [6.45, 7) is 28.5. The highest BCUT2D eigenvalue weighted by molar-refractivity contribution is 5.94. The maximum atomic E-state index is 11.7. The normalized spacial score (nSPS) is 11.8. The van der Waals surface area contributed by atoms with Crippen LogP contribution in [0.1, 0.15) is 156 Å². The monoisotopic (exact) mass is 644 g/mol. The van der Waals surface area contributed by atoms with E-state index in [1.165, 1.54) is 22.3 Å². The first-order chi connectivity index (χ1) is 22.6. The molecule has 0 fully saturated rings. The lowest BCUT2D eigenvalue weighted by molar-refractivity contribution is 0.101. The van der Waals surface area contributed by atoms with E-state index in [0.717, 1.165) is 33.4 Å². The zero-order valence-electron chi connectivity index (χ0n) is 31.9. The molecule has 0 saturated heterocycles. The summed E-state index contributed by atoms with van der Waals surface area (Å²) >= 11 is 0. The molecule has 0 aliphatic carbocycles. The molecule has 49 heavy (non-hydrogen) atoms. The highest BCUT2D eigenvalue weighted by Gasteiger charge is 2.21. The largest absolute Gasteiger partial charge is 0.295 e. The zero-order valence-corrected chi connectivity index (χ0v) is 31.9. The molecule has 0 atom stereocenters. The lowest BCUT2D eigenvalue weighted by Gasteiger charge is -2.25. The third-order valence-corrected chi connectivity index (χ3v) is 8.61. The van der Waals surface area contributed by atoms with Crippen molar-refractivity contribution in [2.75, 3.05) is 0 Å². The molecule has 0 aliphatic heterocycles. The van der Waals surface area contributed by atoms with Gasteiger partial charge in [-0.2, -0.15) is 0 Å². The molecule has 1 heteroatoms. The van der Waals surface area contributed by atoms with Gasteiger partial charge in [-0.05, 0) is 105 Å². The Bertz CT molecular complexity index is 1880. The van der Waals surface area contributed by atoms with Gasteiger partial charge in [0.15, 0.2) is 5.78 Å². The summed E-state index contributed by atoms with van der Waals surface area (Å²) in [5.41, 5.74) is 11.2. The minimum Gasteiger partial charge on any atom is -0.295 e. The molecule has 0 saturated carbocycles. The predicted molar refractivity (Wildman–Crippen MR) is 209 cm³/mol. The van der Waals surface area contributed by atoms with Gasteiger partial charge in [-0.15, -0.1) is 0 Å². The van der Waals surface area contributed by atoms with E-state index >= 15 is 0 Å². The number of ketones is 1. The third-order valence-electron chi connectivity index (χ3n) is 8.61. The minimum absolute atomic E-state index is 0.00965. The molecule has 4 rings (SSSR count). The Morgan fingerprint density at radius 3 is 0.857 bits per heavy atom. The Morgan fingerprint density at radius 1 is 0.367 bits per heavy atom. The van der Waals surface area contributed by atoms with Gasteiger partial charge < -0.3 is 0 Å². The molecular weight excluding hydrogens is 593 g/mol. The van der Waals surface area contributed by atoms with Crippen LogP contribution >= 0.6 is 0 Å². The molecule has 0 radical (unpaired) electrons. The van der Waals surface area contributed by atoms with Crippen LogP contribution in [0, 0.1) is 35.5 Å². The fraction of sp³-hybridized carbons (Fsp3) is 0.354. The topological polar surface area (TPSA) is 17.1 Å². The van der Waals surface area contributed by atoms with Crippen LogP contribution < -0.4 is 0 Å². The summed E-state index contributed by atoms with van der Waals surface area (Å²) in [6, 6.07) is 27.0. The van der Waals surface area contributed by atoms with E-state index in [1.54, 1.807) is 6.92 Å². The lowest BCUT2D eigenvalue weighted by Crippen LogP contribution is -2.16. The van der Waals surface area contributed by atoms with Crippen LogP contribution in [0.5, 0.6) is 0 Å². The van der Waals surface area contributed by atoms with Crippen molar-refractivity contribution in [3.05, 3.63) is 140 Å². The van der Waals surface area contributed by atoms with Crippen molar-refractivity contribution in [3.63, 3.8) is 0 Å². The average molecular weight is 645 g/mol. The number of Topliss-reactive ketones (excluding diaryl/α,β-unsaturated/α-hetero) is 1. The van der Waals surface area contributed by atoms with E-state index < -0.39 is 0 Å². The summed E-state index contributed by atoms with van der Waals surface area (Å²) in [5.74, 6) is 20.5. The van der Waals surface area contributed by atoms with Crippen molar-refractivity contribution in [1.82, 2.24) is 0 Å². The second kappa shape index (κ2) is 14.0. The fourth-order valence-electron chi connectivity index (χ4n) is 5.20. The number of hydrogen-bond donors (Lipinski definition) is 0. The quantitative estimate of drug-likeness (QED) is 0.149. The van der Waals surface area contributed by atoms with Crippen LogP contribution in [0.4, 0.5) is 0 Å². The molecule has 0 aliphatic rings. The fourth-order valence-corrected chi connectivity index (χ4v) is 5.20. The molecule has 0 heterocycles. The zero-order chi connectivity index (χ0) is 36.4. The molecule has 0 spiro atoms. The van der Waals surface area contributed by atoms with E-state index in [9.17, 15) is 4.79 Å². The number of hydrogen-bond acceptors (Lipinski definition) is 1. The van der Waals surface area contributed by atoms with Gasteiger partial charge in [0.05, 0.1) is 0 Å². The van der Waals surface area contributed by atoms with Crippen molar-refractivity contribution < 1.29 is 4.79 Å². The SMILES string of the molecule is CC(=O)c1ccc(C#Cc2cc(C#Cc3cc(C(C)(C)C)cc(C(C)(C)C)c3)cc(C#Cc3cc(C(C)(C)C)cc(C(C)(C)C)c3)c2)cc1. The predicted octanol–water partition coefficient (Wildman–Crippen LogP) is 11.3. The van der Waals surface area contributed by atoms with Gasteiger partial charge in [-0.1, -0.05) is 143 Å². The smallest absolute Gasteiger partial charge is 0.159 e. The van der Waals surface area contributed by atoms with Gasteiger partial charge in [0, 0.05) is 38.9 Å². The average Bonchev–Trinajstić information content (AvgIpc) is 3.00. The summed E-state index contributed by atoms with van der Waals surface area (Å²) in [5, 5.41) is 0. The van der Waals surface area contributed by atoms with Crippen LogP contribution in [0.3, 0.4) is 0 Å². The molecule has 0 bridgehead atoms. The van der Waals surface area contributed by atoms with Gasteiger partial charge in [0.2, 0.25) is 0 Å². The van der Waals surface area contributed by atoms with E-state index in [4.69, 9.17) is 0 Å². The van der Waals surface area contributed by atoms with E-state index in [-0.39, 0.29) is 27.4 Å². The second-order valence-corrected chi connectivity index (χ2v) is 17.3. The van der Waals surface area contributed by atoms with E-state index in [0.29, 0.717) is 5.56 Å². The van der Waals surface area contributed by atoms with E-state index in [1.807, 2.05) is 36.4 Å². The second-order valence-electron chi connectivity index (χ2n) is 17.3. The minimum atomic E-state index is 0.00965. The Kier molecular flexibility index (Phi) is 10.6. The Morgan fingerprint density at radius 2 is 0.612 bits per heavy atom. The summed E-state index contributed by atoms with van der Waals surface area (Å²) in [4.78, 5) is 11.7. The van der Waals surface area contributed by atoms with Crippen LogP contribution in [-0.2, 0) is 21.7 Å². The number of benzene rings is 4. The standard InChI is InChI=1S/C48H52O/c1-33(49)40-22-20-34(21-23-40)14-15-35-24-36(16-18-38-27-41(45(2,3)4)31-42(28-38)46(5,6)7)26-37(25-35)17-19-39-29-43(47(8,9)10)32-44(30-39)48(11,12)13/h20-32H,1-13H3. The van der Waals surface area contributed by atoms with Crippen molar-refractivity contribution >= 4 is 5.78 Å². The Hall–Kier alpha value is -4.77. The van der Waals surface area contributed by atoms with Crippen molar-refractivity contribution in [1.29, 1.82) is 0 Å². The van der Waals surface area contributed by atoms with Gasteiger partial charge in [0.25, 0.3) is 0 Å². The van der Waals surface area contributed by atoms with Gasteiger partial charge in [-0.25, -0.2) is 0 Å². The molecule has 0 amide bonds. The first kappa shape index (κ1) is 37.1. The van der Waals surface area contributed by atoms with Crippen molar-refractivity contribution in [3.8, 4) is 35.5 Å². The van der Waals surface area contributed by atoms with E-state index in [2.05, 4.69) is 161 Å². The van der Waals surface area contributed by atoms with Gasteiger partial charge >= 0.3 is 0 Å². The highest BCUT2D eigenvalue weighted by Crippen LogP contribution is 2.31. The number of carbonyl (C=O) groups excluding carboxylic acids is 1. The molecule has 4 aromatic rings. The molecule has 0 aromatic heterocycles.